The van der Waals surface area contributed by atoms with Crippen molar-refractivity contribution >= 4 is 47.6 Å². The second-order valence-electron chi connectivity index (χ2n) is 4.23. The standard InChI is InChI=1S/C14H13Br2NO3S/c1-20-14-7-4-11(16)8-13(14)17-21(18,19)12-5-2-10(9-15)3-6-12/h2-8,17H,9H2,1H3. The molecule has 4 nitrogen and oxygen atoms in total. The Morgan fingerprint density at radius 3 is 2.38 bits per heavy atom. The Morgan fingerprint density at radius 2 is 1.81 bits per heavy atom. The summed E-state index contributed by atoms with van der Waals surface area (Å²) in [5, 5.41) is 0.681. The Balaban J connectivity index is 2.34. The number of hydrogen-bond acceptors (Lipinski definition) is 3. The molecule has 0 bridgehead atoms. The second-order valence-corrected chi connectivity index (χ2v) is 7.39. The number of nitrogens with one attached hydrogen (secondary N) is 1. The van der Waals surface area contributed by atoms with Crippen molar-refractivity contribution in [3.63, 3.8) is 0 Å². The van der Waals surface area contributed by atoms with Crippen molar-refractivity contribution in [2.45, 2.75) is 10.2 Å². The van der Waals surface area contributed by atoms with Gasteiger partial charge in [0.25, 0.3) is 10.0 Å². The van der Waals surface area contributed by atoms with E-state index >= 15 is 0 Å². The zero-order chi connectivity index (χ0) is 15.5. The van der Waals surface area contributed by atoms with E-state index in [0.717, 1.165) is 10.0 Å². The molecule has 0 aliphatic heterocycles. The fourth-order valence-electron chi connectivity index (χ4n) is 1.72. The number of hydrogen-bond donors (Lipinski definition) is 1. The third-order valence-corrected chi connectivity index (χ3v) is 5.32. The Labute approximate surface area is 140 Å². The Hall–Kier alpha value is -1.05. The van der Waals surface area contributed by atoms with Crippen molar-refractivity contribution in [2.75, 3.05) is 11.8 Å². The molecule has 2 aromatic rings. The van der Waals surface area contributed by atoms with Crippen molar-refractivity contribution in [3.05, 3.63) is 52.5 Å². The van der Waals surface area contributed by atoms with Crippen molar-refractivity contribution in [1.82, 2.24) is 0 Å². The molecular formula is C14H13Br2NO3S. The largest absolute Gasteiger partial charge is 0.495 e. The predicted molar refractivity (Wildman–Crippen MR) is 90.6 cm³/mol. The molecule has 0 unspecified atom stereocenters. The zero-order valence-electron chi connectivity index (χ0n) is 11.1. The summed E-state index contributed by atoms with van der Waals surface area (Å²) in [6.45, 7) is 0. The normalized spacial score (nSPS) is 11.2. The minimum atomic E-state index is -3.65. The summed E-state index contributed by atoms with van der Waals surface area (Å²) in [5.41, 5.74) is 1.39. The third-order valence-electron chi connectivity index (χ3n) is 2.79. The van der Waals surface area contributed by atoms with Gasteiger partial charge >= 0.3 is 0 Å². The number of rotatable bonds is 5. The molecule has 2 aromatic carbocycles. The van der Waals surface area contributed by atoms with Gasteiger partial charge in [-0.15, -0.1) is 0 Å². The lowest BCUT2D eigenvalue weighted by molar-refractivity contribution is 0.417. The summed E-state index contributed by atoms with van der Waals surface area (Å²) in [7, 11) is -2.16. The minimum absolute atomic E-state index is 0.203. The van der Waals surface area contributed by atoms with E-state index in [1.165, 1.54) is 7.11 Å². The van der Waals surface area contributed by atoms with Gasteiger partial charge in [-0.1, -0.05) is 44.0 Å². The maximum atomic E-state index is 12.4. The van der Waals surface area contributed by atoms with Crippen LogP contribution in [0.5, 0.6) is 5.75 Å². The van der Waals surface area contributed by atoms with Crippen molar-refractivity contribution in [1.29, 1.82) is 0 Å². The molecule has 1 N–H and O–H groups in total. The maximum absolute atomic E-state index is 12.4. The average Bonchev–Trinajstić information content (AvgIpc) is 2.47. The molecule has 0 saturated carbocycles. The second kappa shape index (κ2) is 6.81. The van der Waals surface area contributed by atoms with Crippen LogP contribution in [0.25, 0.3) is 0 Å². The molecule has 0 aromatic heterocycles. The smallest absolute Gasteiger partial charge is 0.262 e. The topological polar surface area (TPSA) is 55.4 Å². The summed E-state index contributed by atoms with van der Waals surface area (Å²) in [6, 6.07) is 11.8. The highest BCUT2D eigenvalue weighted by Crippen LogP contribution is 2.30. The maximum Gasteiger partial charge on any atom is 0.262 e. The average molecular weight is 435 g/mol. The predicted octanol–water partition coefficient (Wildman–Crippen LogP) is 4.15. The van der Waals surface area contributed by atoms with E-state index in [1.54, 1.807) is 42.5 Å². The highest BCUT2D eigenvalue weighted by atomic mass is 79.9. The number of halogens is 2. The lowest BCUT2D eigenvalue weighted by atomic mass is 10.2. The van der Waals surface area contributed by atoms with Crippen LogP contribution >= 0.6 is 31.9 Å². The molecular weight excluding hydrogens is 422 g/mol. The van der Waals surface area contributed by atoms with Gasteiger partial charge in [0.15, 0.2) is 0 Å². The summed E-state index contributed by atoms with van der Waals surface area (Å²) < 4.78 is 33.2. The van der Waals surface area contributed by atoms with Crippen LogP contribution in [-0.2, 0) is 15.4 Å². The van der Waals surface area contributed by atoms with Gasteiger partial charge < -0.3 is 4.74 Å². The zero-order valence-corrected chi connectivity index (χ0v) is 15.1. The van der Waals surface area contributed by atoms with Crippen LogP contribution in [0.3, 0.4) is 0 Å². The monoisotopic (exact) mass is 433 g/mol. The first kappa shape index (κ1) is 16.3. The van der Waals surface area contributed by atoms with E-state index in [9.17, 15) is 8.42 Å². The third kappa shape index (κ3) is 3.99. The molecule has 2 rings (SSSR count). The number of sulfonamides is 1. The van der Waals surface area contributed by atoms with Gasteiger partial charge in [0, 0.05) is 9.80 Å². The molecule has 0 atom stereocenters. The first-order valence-electron chi connectivity index (χ1n) is 5.97. The molecule has 0 aliphatic rings. The van der Waals surface area contributed by atoms with E-state index in [-0.39, 0.29) is 4.90 Å². The highest BCUT2D eigenvalue weighted by molar-refractivity contribution is 9.10. The van der Waals surface area contributed by atoms with Crippen LogP contribution in [0.2, 0.25) is 0 Å². The fourth-order valence-corrected chi connectivity index (χ4v) is 3.52. The molecule has 0 heterocycles. The summed E-state index contributed by atoms with van der Waals surface area (Å²) >= 11 is 6.64. The Bertz CT molecular complexity index is 730. The Kier molecular flexibility index (Phi) is 5.29. The molecule has 0 aliphatic carbocycles. The fraction of sp³-hybridized carbons (Fsp3) is 0.143. The van der Waals surface area contributed by atoms with Crippen LogP contribution in [0.1, 0.15) is 5.56 Å². The molecule has 0 spiro atoms. The number of methoxy groups -OCH3 is 1. The summed E-state index contributed by atoms with van der Waals surface area (Å²) in [6.07, 6.45) is 0. The van der Waals surface area contributed by atoms with Crippen molar-refractivity contribution in [2.24, 2.45) is 0 Å². The van der Waals surface area contributed by atoms with Crippen molar-refractivity contribution in [3.8, 4) is 5.75 Å². The number of anilines is 1. The van der Waals surface area contributed by atoms with Gasteiger partial charge in [0.2, 0.25) is 0 Å². The first-order valence-corrected chi connectivity index (χ1v) is 9.37. The molecule has 0 amide bonds. The van der Waals surface area contributed by atoms with Gasteiger partial charge in [-0.25, -0.2) is 8.42 Å². The highest BCUT2D eigenvalue weighted by Gasteiger charge is 2.16. The lowest BCUT2D eigenvalue weighted by Gasteiger charge is -2.12. The quantitative estimate of drug-likeness (QED) is 0.719. The van der Waals surface area contributed by atoms with E-state index < -0.39 is 10.0 Å². The molecule has 7 heteroatoms. The van der Waals surface area contributed by atoms with Crippen LogP contribution in [-0.4, -0.2) is 15.5 Å². The van der Waals surface area contributed by atoms with Crippen LogP contribution < -0.4 is 9.46 Å². The first-order chi connectivity index (χ1) is 9.96. The van der Waals surface area contributed by atoms with Gasteiger partial charge in [0.1, 0.15) is 5.75 Å². The molecule has 21 heavy (non-hydrogen) atoms. The van der Waals surface area contributed by atoms with Crippen LogP contribution in [0.4, 0.5) is 5.69 Å². The van der Waals surface area contributed by atoms with Gasteiger partial charge in [-0.3, -0.25) is 4.72 Å². The number of ether oxygens (including phenoxy) is 1. The summed E-state index contributed by atoms with van der Waals surface area (Å²) in [4.78, 5) is 0.203. The number of benzene rings is 2. The Morgan fingerprint density at radius 1 is 1.14 bits per heavy atom. The SMILES string of the molecule is COc1ccc(Br)cc1NS(=O)(=O)c1ccc(CBr)cc1. The molecule has 112 valence electrons. The van der Waals surface area contributed by atoms with Gasteiger partial charge in [0.05, 0.1) is 17.7 Å². The minimum Gasteiger partial charge on any atom is -0.495 e. The molecule has 0 fully saturated rings. The molecule has 0 saturated heterocycles. The summed E-state index contributed by atoms with van der Waals surface area (Å²) in [5.74, 6) is 0.457. The van der Waals surface area contributed by atoms with E-state index in [2.05, 4.69) is 36.6 Å². The lowest BCUT2D eigenvalue weighted by Crippen LogP contribution is -2.13. The van der Waals surface area contributed by atoms with Gasteiger partial charge in [-0.05, 0) is 35.9 Å². The van der Waals surface area contributed by atoms with Crippen molar-refractivity contribution < 1.29 is 13.2 Å². The van der Waals surface area contributed by atoms with E-state index in [1.807, 2.05) is 0 Å². The van der Waals surface area contributed by atoms with E-state index in [4.69, 9.17) is 4.74 Å². The van der Waals surface area contributed by atoms with Crippen LogP contribution in [0, 0.1) is 0 Å². The van der Waals surface area contributed by atoms with Gasteiger partial charge in [-0.2, -0.15) is 0 Å². The molecule has 0 radical (unpaired) electrons. The van der Waals surface area contributed by atoms with E-state index in [0.29, 0.717) is 16.8 Å². The van der Waals surface area contributed by atoms with Crippen LogP contribution in [0.15, 0.2) is 51.8 Å². The number of alkyl halides is 1.